The largest absolute Gasteiger partial charge is 0.417 e. The van der Waals surface area contributed by atoms with Gasteiger partial charge in [0.1, 0.15) is 5.82 Å². The van der Waals surface area contributed by atoms with Gasteiger partial charge in [-0.1, -0.05) is 18.2 Å². The summed E-state index contributed by atoms with van der Waals surface area (Å²) in [5, 5.41) is 0. The Balaban J connectivity index is 2.70. The van der Waals surface area contributed by atoms with Crippen molar-refractivity contribution >= 4 is 5.69 Å². The van der Waals surface area contributed by atoms with Crippen LogP contribution in [0.25, 0.3) is 11.1 Å². The van der Waals surface area contributed by atoms with Crippen LogP contribution in [0.2, 0.25) is 0 Å². The molecule has 0 bridgehead atoms. The highest BCUT2D eigenvalue weighted by molar-refractivity contribution is 5.79. The number of benzene rings is 2. The van der Waals surface area contributed by atoms with Crippen LogP contribution in [0.4, 0.5) is 23.2 Å². The number of nitrogen functional groups attached to an aromatic ring is 1. The molecule has 1 nitrogen and oxygen atoms in total. The standard InChI is InChI=1S/C13H9F4N/c14-9-4-1-3-8(7-9)12-10(13(15,16)17)5-2-6-11(12)18/h1-7H,18H2. The number of anilines is 1. The number of hydrogen-bond acceptors (Lipinski definition) is 1. The third-order valence-corrected chi connectivity index (χ3v) is 2.52. The summed E-state index contributed by atoms with van der Waals surface area (Å²) in [5.41, 5.74) is 4.60. The van der Waals surface area contributed by atoms with Crippen molar-refractivity contribution in [3.8, 4) is 11.1 Å². The predicted octanol–water partition coefficient (Wildman–Crippen LogP) is 4.09. The van der Waals surface area contributed by atoms with Crippen molar-refractivity contribution in [2.24, 2.45) is 0 Å². The molecule has 0 spiro atoms. The molecule has 94 valence electrons. The third-order valence-electron chi connectivity index (χ3n) is 2.52. The van der Waals surface area contributed by atoms with E-state index in [2.05, 4.69) is 0 Å². The normalized spacial score (nSPS) is 11.6. The van der Waals surface area contributed by atoms with E-state index in [1.165, 1.54) is 24.3 Å². The van der Waals surface area contributed by atoms with E-state index in [1.807, 2.05) is 0 Å². The van der Waals surface area contributed by atoms with Gasteiger partial charge in [0.2, 0.25) is 0 Å². The van der Waals surface area contributed by atoms with Crippen LogP contribution in [-0.2, 0) is 6.18 Å². The average Bonchev–Trinajstić information content (AvgIpc) is 2.27. The molecule has 5 heteroatoms. The SMILES string of the molecule is Nc1cccc(C(F)(F)F)c1-c1cccc(F)c1. The van der Waals surface area contributed by atoms with E-state index >= 15 is 0 Å². The maximum absolute atomic E-state index is 13.1. The maximum Gasteiger partial charge on any atom is 0.417 e. The van der Waals surface area contributed by atoms with E-state index in [0.717, 1.165) is 18.2 Å². The van der Waals surface area contributed by atoms with Gasteiger partial charge in [0, 0.05) is 11.3 Å². The van der Waals surface area contributed by atoms with Crippen molar-refractivity contribution in [3.05, 3.63) is 53.8 Å². The van der Waals surface area contributed by atoms with E-state index in [0.29, 0.717) is 0 Å². The summed E-state index contributed by atoms with van der Waals surface area (Å²) >= 11 is 0. The van der Waals surface area contributed by atoms with Gasteiger partial charge in [-0.3, -0.25) is 0 Å². The second kappa shape index (κ2) is 4.33. The van der Waals surface area contributed by atoms with Gasteiger partial charge in [0.05, 0.1) is 5.56 Å². The van der Waals surface area contributed by atoms with E-state index < -0.39 is 17.6 Å². The molecule has 0 fully saturated rings. The Morgan fingerprint density at radius 2 is 1.61 bits per heavy atom. The van der Waals surface area contributed by atoms with Crippen molar-refractivity contribution in [2.45, 2.75) is 6.18 Å². The molecular weight excluding hydrogens is 246 g/mol. The first-order valence-corrected chi connectivity index (χ1v) is 5.11. The molecule has 2 aromatic rings. The summed E-state index contributed by atoms with van der Waals surface area (Å²) in [6, 6.07) is 8.44. The van der Waals surface area contributed by atoms with Crippen molar-refractivity contribution in [1.82, 2.24) is 0 Å². The monoisotopic (exact) mass is 255 g/mol. The van der Waals surface area contributed by atoms with Gasteiger partial charge in [-0.15, -0.1) is 0 Å². The Kier molecular flexibility index (Phi) is 2.98. The number of rotatable bonds is 1. The fourth-order valence-corrected chi connectivity index (χ4v) is 1.77. The predicted molar refractivity (Wildman–Crippen MR) is 61.3 cm³/mol. The van der Waals surface area contributed by atoms with Crippen LogP contribution in [0.1, 0.15) is 5.56 Å². The molecule has 0 aliphatic heterocycles. The fourth-order valence-electron chi connectivity index (χ4n) is 1.77. The number of nitrogens with two attached hydrogens (primary N) is 1. The van der Waals surface area contributed by atoms with Crippen LogP contribution in [0, 0.1) is 5.82 Å². The van der Waals surface area contributed by atoms with Gasteiger partial charge in [0.25, 0.3) is 0 Å². The fraction of sp³-hybridized carbons (Fsp3) is 0.0769. The number of halogens is 4. The van der Waals surface area contributed by atoms with Crippen LogP contribution in [-0.4, -0.2) is 0 Å². The molecular formula is C13H9F4N. The van der Waals surface area contributed by atoms with Gasteiger partial charge >= 0.3 is 6.18 Å². The molecule has 0 aromatic heterocycles. The Morgan fingerprint density at radius 1 is 0.944 bits per heavy atom. The third kappa shape index (κ3) is 2.30. The van der Waals surface area contributed by atoms with Crippen LogP contribution in [0.3, 0.4) is 0 Å². The lowest BCUT2D eigenvalue weighted by Crippen LogP contribution is -2.08. The molecule has 2 rings (SSSR count). The zero-order valence-corrected chi connectivity index (χ0v) is 9.13. The maximum atomic E-state index is 13.1. The Bertz CT molecular complexity index is 575. The molecule has 0 saturated heterocycles. The number of alkyl halides is 3. The molecule has 0 saturated carbocycles. The first kappa shape index (κ1) is 12.4. The highest BCUT2D eigenvalue weighted by atomic mass is 19.4. The van der Waals surface area contributed by atoms with Crippen LogP contribution < -0.4 is 5.73 Å². The van der Waals surface area contributed by atoms with Crippen LogP contribution in [0.15, 0.2) is 42.5 Å². The molecule has 18 heavy (non-hydrogen) atoms. The summed E-state index contributed by atoms with van der Waals surface area (Å²) in [5.74, 6) is -0.608. The first-order chi connectivity index (χ1) is 8.39. The van der Waals surface area contributed by atoms with Crippen LogP contribution >= 0.6 is 0 Å². The van der Waals surface area contributed by atoms with Gasteiger partial charge in [-0.05, 0) is 29.8 Å². The Morgan fingerprint density at radius 3 is 2.22 bits per heavy atom. The van der Waals surface area contributed by atoms with E-state index in [4.69, 9.17) is 5.73 Å². The van der Waals surface area contributed by atoms with E-state index in [9.17, 15) is 17.6 Å². The lowest BCUT2D eigenvalue weighted by Gasteiger charge is -2.15. The lowest BCUT2D eigenvalue weighted by atomic mass is 9.97. The van der Waals surface area contributed by atoms with E-state index in [1.54, 1.807) is 0 Å². The number of hydrogen-bond donors (Lipinski definition) is 1. The first-order valence-electron chi connectivity index (χ1n) is 5.11. The molecule has 0 unspecified atom stereocenters. The Hall–Kier alpha value is -2.04. The summed E-state index contributed by atoms with van der Waals surface area (Å²) in [7, 11) is 0. The van der Waals surface area contributed by atoms with Gasteiger partial charge in [0.15, 0.2) is 0 Å². The minimum Gasteiger partial charge on any atom is -0.398 e. The highest BCUT2D eigenvalue weighted by Gasteiger charge is 2.34. The van der Waals surface area contributed by atoms with Gasteiger partial charge in [-0.2, -0.15) is 13.2 Å². The molecule has 0 aliphatic carbocycles. The second-order valence-corrected chi connectivity index (χ2v) is 3.78. The molecule has 2 N–H and O–H groups in total. The molecule has 0 amide bonds. The molecule has 2 aromatic carbocycles. The average molecular weight is 255 g/mol. The highest BCUT2D eigenvalue weighted by Crippen LogP contribution is 2.40. The smallest absolute Gasteiger partial charge is 0.398 e. The van der Waals surface area contributed by atoms with Crippen LogP contribution in [0.5, 0.6) is 0 Å². The topological polar surface area (TPSA) is 26.0 Å². The molecule has 0 heterocycles. The zero-order valence-electron chi connectivity index (χ0n) is 9.13. The molecule has 0 radical (unpaired) electrons. The molecule has 0 aliphatic rings. The Labute approximate surface area is 101 Å². The minimum absolute atomic E-state index is 0.0320. The van der Waals surface area contributed by atoms with Gasteiger partial charge < -0.3 is 5.73 Å². The van der Waals surface area contributed by atoms with Gasteiger partial charge in [-0.25, -0.2) is 4.39 Å². The second-order valence-electron chi connectivity index (χ2n) is 3.78. The van der Waals surface area contributed by atoms with Crippen molar-refractivity contribution in [3.63, 3.8) is 0 Å². The zero-order chi connectivity index (χ0) is 13.3. The quantitative estimate of drug-likeness (QED) is 0.602. The summed E-state index contributed by atoms with van der Waals surface area (Å²) < 4.78 is 51.7. The summed E-state index contributed by atoms with van der Waals surface area (Å²) in [4.78, 5) is 0. The molecule has 0 atom stereocenters. The van der Waals surface area contributed by atoms with Crippen molar-refractivity contribution < 1.29 is 17.6 Å². The minimum atomic E-state index is -4.53. The summed E-state index contributed by atoms with van der Waals surface area (Å²) in [6.45, 7) is 0. The summed E-state index contributed by atoms with van der Waals surface area (Å²) in [6.07, 6.45) is -4.53. The van der Waals surface area contributed by atoms with Crippen molar-refractivity contribution in [2.75, 3.05) is 5.73 Å². The van der Waals surface area contributed by atoms with Crippen molar-refractivity contribution in [1.29, 1.82) is 0 Å². The lowest BCUT2D eigenvalue weighted by molar-refractivity contribution is -0.137. The van der Waals surface area contributed by atoms with E-state index in [-0.39, 0.29) is 16.8 Å².